The molecule has 0 bridgehead atoms. The average molecular weight is 501 g/mol. The Morgan fingerprint density at radius 1 is 0.436 bits per heavy atom. The van der Waals surface area contributed by atoms with E-state index in [1.807, 2.05) is 0 Å². The van der Waals surface area contributed by atoms with Gasteiger partial charge < -0.3 is 9.47 Å². The topological polar surface area (TPSA) is 8.17 Å². The minimum absolute atomic E-state index is 1.11. The second-order valence-electron chi connectivity index (χ2n) is 9.98. The largest absolute Gasteiger partial charge is 0.310 e. The lowest BCUT2D eigenvalue weighted by atomic mass is 10.0. The van der Waals surface area contributed by atoms with Crippen molar-refractivity contribution >= 4 is 38.9 Å². The molecule has 1 heterocycles. The van der Waals surface area contributed by atoms with Crippen LogP contribution < -0.4 is 4.90 Å². The monoisotopic (exact) mass is 500 g/mol. The Labute approximate surface area is 229 Å². The van der Waals surface area contributed by atoms with Crippen molar-refractivity contribution in [3.05, 3.63) is 157 Å². The van der Waals surface area contributed by atoms with Gasteiger partial charge in [-0.15, -0.1) is 0 Å². The lowest BCUT2D eigenvalue weighted by Gasteiger charge is -2.27. The van der Waals surface area contributed by atoms with Gasteiger partial charge in [0.1, 0.15) is 0 Å². The van der Waals surface area contributed by atoms with Gasteiger partial charge in [-0.2, -0.15) is 0 Å². The van der Waals surface area contributed by atoms with Crippen molar-refractivity contribution in [3.63, 3.8) is 0 Å². The van der Waals surface area contributed by atoms with Crippen molar-refractivity contribution in [1.29, 1.82) is 0 Å². The summed E-state index contributed by atoms with van der Waals surface area (Å²) in [5.41, 5.74) is 10.6. The van der Waals surface area contributed by atoms with Crippen molar-refractivity contribution in [1.82, 2.24) is 4.57 Å². The number of para-hydroxylation sites is 4. The number of fused-ring (bicyclic) bond motifs is 3. The maximum Gasteiger partial charge on any atom is 0.0541 e. The Bertz CT molecular complexity index is 1820. The highest BCUT2D eigenvalue weighted by molar-refractivity contribution is 6.09. The summed E-state index contributed by atoms with van der Waals surface area (Å²) in [7, 11) is 0. The van der Waals surface area contributed by atoms with E-state index in [9.17, 15) is 0 Å². The molecule has 0 radical (unpaired) electrons. The summed E-state index contributed by atoms with van der Waals surface area (Å²) in [5.74, 6) is 0. The number of hydrogen-bond acceptors (Lipinski definition) is 1. The van der Waals surface area contributed by atoms with Crippen molar-refractivity contribution in [2.24, 2.45) is 0 Å². The first-order valence-corrected chi connectivity index (χ1v) is 13.4. The van der Waals surface area contributed by atoms with Gasteiger partial charge in [-0.3, -0.25) is 0 Å². The molecule has 7 aromatic rings. The minimum Gasteiger partial charge on any atom is -0.310 e. The molecule has 39 heavy (non-hydrogen) atoms. The molecule has 0 aliphatic carbocycles. The van der Waals surface area contributed by atoms with Gasteiger partial charge in [0.05, 0.1) is 11.0 Å². The molecule has 7 rings (SSSR count). The van der Waals surface area contributed by atoms with Crippen LogP contribution in [0.3, 0.4) is 0 Å². The Balaban J connectivity index is 1.55. The van der Waals surface area contributed by atoms with Crippen LogP contribution in [0.5, 0.6) is 0 Å². The highest BCUT2D eigenvalue weighted by Crippen LogP contribution is 2.40. The van der Waals surface area contributed by atoms with Gasteiger partial charge in [0, 0.05) is 33.5 Å². The van der Waals surface area contributed by atoms with Crippen molar-refractivity contribution in [2.75, 3.05) is 4.90 Å². The Morgan fingerprint density at radius 3 is 1.59 bits per heavy atom. The molecule has 0 aliphatic heterocycles. The lowest BCUT2D eigenvalue weighted by molar-refractivity contribution is 1.17. The molecule has 186 valence electrons. The number of anilines is 3. The number of benzene rings is 6. The van der Waals surface area contributed by atoms with Crippen LogP contribution in [-0.2, 0) is 0 Å². The van der Waals surface area contributed by atoms with E-state index in [4.69, 9.17) is 0 Å². The first-order chi connectivity index (χ1) is 19.3. The molecule has 0 fully saturated rings. The number of nitrogens with zero attached hydrogens (tertiary/aromatic N) is 2. The second kappa shape index (κ2) is 9.66. The van der Waals surface area contributed by atoms with Crippen LogP contribution >= 0.6 is 0 Å². The van der Waals surface area contributed by atoms with Gasteiger partial charge in [-0.1, -0.05) is 103 Å². The molecule has 0 N–H and O–H groups in total. The lowest BCUT2D eigenvalue weighted by Crippen LogP contribution is -2.10. The third-order valence-electron chi connectivity index (χ3n) is 7.38. The third-order valence-corrected chi connectivity index (χ3v) is 7.38. The molecule has 0 unspecified atom stereocenters. The minimum atomic E-state index is 1.11. The molecular formula is C37H28N2. The molecule has 0 aliphatic rings. The van der Waals surface area contributed by atoms with Gasteiger partial charge in [0.2, 0.25) is 0 Å². The summed E-state index contributed by atoms with van der Waals surface area (Å²) in [6.07, 6.45) is 0. The van der Waals surface area contributed by atoms with Crippen LogP contribution in [0.4, 0.5) is 17.1 Å². The number of hydrogen-bond donors (Lipinski definition) is 0. The number of aromatic nitrogens is 1. The molecule has 6 aromatic carbocycles. The van der Waals surface area contributed by atoms with E-state index >= 15 is 0 Å². The first kappa shape index (κ1) is 23.1. The van der Waals surface area contributed by atoms with Gasteiger partial charge in [-0.25, -0.2) is 0 Å². The zero-order valence-corrected chi connectivity index (χ0v) is 21.8. The zero-order valence-electron chi connectivity index (χ0n) is 21.8. The fourth-order valence-electron chi connectivity index (χ4n) is 5.65. The normalized spacial score (nSPS) is 11.2. The zero-order chi connectivity index (χ0) is 26.2. The van der Waals surface area contributed by atoms with E-state index in [1.54, 1.807) is 0 Å². The van der Waals surface area contributed by atoms with Crippen LogP contribution in [0.15, 0.2) is 152 Å². The van der Waals surface area contributed by atoms with Gasteiger partial charge >= 0.3 is 0 Å². The van der Waals surface area contributed by atoms with Crippen molar-refractivity contribution in [3.8, 4) is 16.8 Å². The standard InChI is InChI=1S/C37H28N2/c1-27-13-12-14-28(23-27)29-24-32(38(30-15-4-2-5-16-30)31-17-6-3-7-18-31)26-33(25-29)39-36-21-10-8-19-34(36)35-20-9-11-22-37(35)39/h2-26H,1H3. The summed E-state index contributed by atoms with van der Waals surface area (Å²) < 4.78 is 2.40. The fraction of sp³-hybridized carbons (Fsp3) is 0.0270. The van der Waals surface area contributed by atoms with E-state index in [2.05, 4.69) is 168 Å². The molecule has 1 aromatic heterocycles. The second-order valence-corrected chi connectivity index (χ2v) is 9.98. The van der Waals surface area contributed by atoms with Gasteiger partial charge in [0.15, 0.2) is 0 Å². The summed E-state index contributed by atoms with van der Waals surface area (Å²) in [5, 5.41) is 2.53. The van der Waals surface area contributed by atoms with Crippen LogP contribution in [0.25, 0.3) is 38.6 Å². The van der Waals surface area contributed by atoms with Crippen LogP contribution in [0, 0.1) is 6.92 Å². The van der Waals surface area contributed by atoms with Crippen LogP contribution in [0.2, 0.25) is 0 Å². The van der Waals surface area contributed by atoms with Crippen molar-refractivity contribution < 1.29 is 0 Å². The highest BCUT2D eigenvalue weighted by Gasteiger charge is 2.18. The summed E-state index contributed by atoms with van der Waals surface area (Å²) in [4.78, 5) is 2.34. The van der Waals surface area contributed by atoms with E-state index in [-0.39, 0.29) is 0 Å². The Hall–Kier alpha value is -5.08. The van der Waals surface area contributed by atoms with Crippen LogP contribution in [0.1, 0.15) is 5.56 Å². The quantitative estimate of drug-likeness (QED) is 0.228. The van der Waals surface area contributed by atoms with E-state index < -0.39 is 0 Å². The van der Waals surface area contributed by atoms with E-state index in [1.165, 1.54) is 38.5 Å². The van der Waals surface area contributed by atoms with Gasteiger partial charge in [0.25, 0.3) is 0 Å². The molecule has 0 amide bonds. The van der Waals surface area contributed by atoms with Crippen molar-refractivity contribution in [2.45, 2.75) is 6.92 Å². The van der Waals surface area contributed by atoms with Crippen LogP contribution in [-0.4, -0.2) is 4.57 Å². The molecule has 2 heteroatoms. The highest BCUT2D eigenvalue weighted by atomic mass is 15.1. The number of rotatable bonds is 5. The van der Waals surface area contributed by atoms with E-state index in [0.29, 0.717) is 0 Å². The summed E-state index contributed by atoms with van der Waals surface area (Å²) >= 11 is 0. The average Bonchev–Trinajstić information content (AvgIpc) is 3.33. The SMILES string of the molecule is Cc1cccc(-c2cc(N(c3ccccc3)c3ccccc3)cc(-n3c4ccccc4c4ccccc43)c2)c1. The number of aryl methyl sites for hydroxylation is 1. The van der Waals surface area contributed by atoms with E-state index in [0.717, 1.165) is 22.7 Å². The predicted molar refractivity (Wildman–Crippen MR) is 166 cm³/mol. The first-order valence-electron chi connectivity index (χ1n) is 13.4. The molecule has 0 saturated heterocycles. The Morgan fingerprint density at radius 2 is 1.00 bits per heavy atom. The molecule has 2 nitrogen and oxygen atoms in total. The molecular weight excluding hydrogens is 472 g/mol. The molecule has 0 spiro atoms. The van der Waals surface area contributed by atoms with Gasteiger partial charge in [-0.05, 0) is 72.6 Å². The molecule has 0 atom stereocenters. The smallest absolute Gasteiger partial charge is 0.0541 e. The third kappa shape index (κ3) is 4.17. The fourth-order valence-corrected chi connectivity index (χ4v) is 5.65. The summed E-state index contributed by atoms with van der Waals surface area (Å²) in [6.45, 7) is 2.15. The predicted octanol–water partition coefficient (Wildman–Crippen LogP) is 10.2. The maximum atomic E-state index is 2.40. The Kier molecular flexibility index (Phi) is 5.71. The molecule has 0 saturated carbocycles. The summed E-state index contributed by atoms with van der Waals surface area (Å²) in [6, 6.07) is 54.4. The maximum absolute atomic E-state index is 2.40.